The summed E-state index contributed by atoms with van der Waals surface area (Å²) < 4.78 is 0. The number of rotatable bonds is 16. The van der Waals surface area contributed by atoms with Crippen molar-refractivity contribution in [2.45, 2.75) is 63.7 Å². The number of para-hydroxylation sites is 1. The van der Waals surface area contributed by atoms with Gasteiger partial charge in [0.25, 0.3) is 0 Å². The van der Waals surface area contributed by atoms with Crippen LogP contribution in [0.5, 0.6) is 0 Å². The molecule has 12 nitrogen and oxygen atoms in total. The molecule has 1 heterocycles. The maximum atomic E-state index is 13.3. The van der Waals surface area contributed by atoms with Crippen LogP contribution in [0.25, 0.3) is 10.9 Å². The third-order valence-corrected chi connectivity index (χ3v) is 7.15. The van der Waals surface area contributed by atoms with E-state index in [0.717, 1.165) is 16.5 Å². The average molecular weight is 563 g/mol. The van der Waals surface area contributed by atoms with E-state index in [9.17, 15) is 29.1 Å². The minimum atomic E-state index is -1.23. The maximum absolute atomic E-state index is 13.3. The zero-order chi connectivity index (χ0) is 29.1. The first-order chi connectivity index (χ1) is 18.5. The Morgan fingerprint density at radius 1 is 1.03 bits per heavy atom. The molecule has 0 radical (unpaired) electrons. The van der Waals surface area contributed by atoms with Crippen molar-refractivity contribution >= 4 is 52.3 Å². The number of primary amides is 1. The van der Waals surface area contributed by atoms with Crippen molar-refractivity contribution in [2.75, 3.05) is 12.0 Å². The van der Waals surface area contributed by atoms with E-state index >= 15 is 0 Å². The minimum Gasteiger partial charge on any atom is -0.480 e. The second-order valence-corrected chi connectivity index (χ2v) is 10.4. The molecule has 0 saturated carbocycles. The van der Waals surface area contributed by atoms with E-state index in [-0.39, 0.29) is 25.2 Å². The summed E-state index contributed by atoms with van der Waals surface area (Å²) in [5, 5.41) is 18.5. The SMILES string of the molecule is CCC(C)C(NC(=O)C(N)CC(N)=O)C(=O)NC(CCSC)C(=O)NC(Cc1c[nH]c2ccccc12)C(=O)O. The summed E-state index contributed by atoms with van der Waals surface area (Å²) in [4.78, 5) is 65.3. The molecule has 1 aromatic carbocycles. The van der Waals surface area contributed by atoms with E-state index in [0.29, 0.717) is 12.2 Å². The van der Waals surface area contributed by atoms with Crippen molar-refractivity contribution < 1.29 is 29.1 Å². The summed E-state index contributed by atoms with van der Waals surface area (Å²) >= 11 is 1.46. The van der Waals surface area contributed by atoms with Gasteiger partial charge in [-0.2, -0.15) is 11.8 Å². The molecule has 1 aromatic heterocycles. The lowest BCUT2D eigenvalue weighted by Crippen LogP contribution is -2.59. The third kappa shape index (κ3) is 9.29. The zero-order valence-corrected chi connectivity index (χ0v) is 23.2. The Morgan fingerprint density at radius 3 is 2.31 bits per heavy atom. The largest absolute Gasteiger partial charge is 0.480 e. The third-order valence-electron chi connectivity index (χ3n) is 6.51. The molecular weight excluding hydrogens is 524 g/mol. The van der Waals surface area contributed by atoms with Gasteiger partial charge in [0.1, 0.15) is 18.1 Å². The number of hydrogen-bond donors (Lipinski definition) is 7. The van der Waals surface area contributed by atoms with Gasteiger partial charge in [-0.05, 0) is 36.0 Å². The van der Waals surface area contributed by atoms with Crippen LogP contribution in [0.1, 0.15) is 38.7 Å². The molecule has 0 saturated heterocycles. The Balaban J connectivity index is 2.18. The number of aliphatic carboxylic acids is 1. The highest BCUT2D eigenvalue weighted by atomic mass is 32.2. The van der Waals surface area contributed by atoms with E-state index in [2.05, 4.69) is 20.9 Å². The predicted molar refractivity (Wildman–Crippen MR) is 150 cm³/mol. The number of aromatic nitrogens is 1. The first-order valence-corrected chi connectivity index (χ1v) is 14.1. The number of carbonyl (C=O) groups is 5. The molecule has 0 aliphatic heterocycles. The molecule has 2 rings (SSSR count). The van der Waals surface area contributed by atoms with Gasteiger partial charge in [0.15, 0.2) is 0 Å². The Kier molecular flexibility index (Phi) is 12.3. The van der Waals surface area contributed by atoms with Gasteiger partial charge in [-0.3, -0.25) is 19.2 Å². The molecule has 5 unspecified atom stereocenters. The molecular formula is C26H38N6O6S. The van der Waals surface area contributed by atoms with Gasteiger partial charge in [-0.15, -0.1) is 0 Å². The molecule has 0 spiro atoms. The molecule has 2 aromatic rings. The van der Waals surface area contributed by atoms with Crippen molar-refractivity contribution in [3.8, 4) is 0 Å². The van der Waals surface area contributed by atoms with Gasteiger partial charge in [0, 0.05) is 23.5 Å². The van der Waals surface area contributed by atoms with Crippen molar-refractivity contribution in [1.29, 1.82) is 0 Å². The number of nitrogens with two attached hydrogens (primary N) is 2. The summed E-state index contributed by atoms with van der Waals surface area (Å²) in [6.45, 7) is 3.59. The summed E-state index contributed by atoms with van der Waals surface area (Å²) in [6, 6.07) is 2.90. The first kappa shape index (κ1) is 31.6. The van der Waals surface area contributed by atoms with Crippen molar-refractivity contribution in [3.05, 3.63) is 36.0 Å². The van der Waals surface area contributed by atoms with Gasteiger partial charge in [0.2, 0.25) is 23.6 Å². The van der Waals surface area contributed by atoms with Crippen LogP contribution < -0.4 is 27.4 Å². The lowest BCUT2D eigenvalue weighted by molar-refractivity contribution is -0.142. The number of hydrogen-bond acceptors (Lipinski definition) is 7. The monoisotopic (exact) mass is 562 g/mol. The number of carboxylic acids is 1. The van der Waals surface area contributed by atoms with Crippen LogP contribution in [0.15, 0.2) is 30.5 Å². The quantitative estimate of drug-likeness (QED) is 0.150. The van der Waals surface area contributed by atoms with Gasteiger partial charge < -0.3 is 37.5 Å². The summed E-state index contributed by atoms with van der Waals surface area (Å²) in [5.74, 6) is -3.76. The summed E-state index contributed by atoms with van der Waals surface area (Å²) in [5.41, 5.74) is 12.4. The fraction of sp³-hybridized carbons (Fsp3) is 0.500. The molecule has 5 atom stereocenters. The number of H-pyrrole nitrogens is 1. The average Bonchev–Trinajstić information content (AvgIpc) is 3.30. The van der Waals surface area contributed by atoms with Crippen LogP contribution in [0.4, 0.5) is 0 Å². The molecule has 9 N–H and O–H groups in total. The number of carbonyl (C=O) groups excluding carboxylic acids is 4. The van der Waals surface area contributed by atoms with Crippen LogP contribution in [0, 0.1) is 5.92 Å². The van der Waals surface area contributed by atoms with Crippen molar-refractivity contribution in [2.24, 2.45) is 17.4 Å². The van der Waals surface area contributed by atoms with Gasteiger partial charge in [-0.25, -0.2) is 4.79 Å². The van der Waals surface area contributed by atoms with E-state index in [1.54, 1.807) is 13.1 Å². The molecule has 39 heavy (non-hydrogen) atoms. The Morgan fingerprint density at radius 2 is 1.69 bits per heavy atom. The molecule has 13 heteroatoms. The maximum Gasteiger partial charge on any atom is 0.326 e. The van der Waals surface area contributed by atoms with Crippen molar-refractivity contribution in [1.82, 2.24) is 20.9 Å². The van der Waals surface area contributed by atoms with E-state index in [1.165, 1.54) is 11.8 Å². The van der Waals surface area contributed by atoms with Gasteiger partial charge >= 0.3 is 5.97 Å². The smallest absolute Gasteiger partial charge is 0.326 e. The van der Waals surface area contributed by atoms with Crippen LogP contribution in [0.2, 0.25) is 0 Å². The number of thioether (sulfide) groups is 1. The molecule has 0 aliphatic rings. The Bertz CT molecular complexity index is 1170. The van der Waals surface area contributed by atoms with Crippen molar-refractivity contribution in [3.63, 3.8) is 0 Å². The van der Waals surface area contributed by atoms with Crippen LogP contribution in [0.3, 0.4) is 0 Å². The summed E-state index contributed by atoms with van der Waals surface area (Å²) in [6.07, 6.45) is 3.97. The fourth-order valence-corrected chi connectivity index (χ4v) is 4.50. The summed E-state index contributed by atoms with van der Waals surface area (Å²) in [7, 11) is 0. The van der Waals surface area contributed by atoms with Crippen LogP contribution >= 0.6 is 11.8 Å². The molecule has 0 bridgehead atoms. The van der Waals surface area contributed by atoms with E-state index in [4.69, 9.17) is 11.5 Å². The Labute approximate surface area is 231 Å². The molecule has 214 valence electrons. The molecule has 4 amide bonds. The number of amides is 4. The fourth-order valence-electron chi connectivity index (χ4n) is 4.03. The highest BCUT2D eigenvalue weighted by Gasteiger charge is 2.32. The topological polar surface area (TPSA) is 209 Å². The van der Waals surface area contributed by atoms with E-state index < -0.39 is 53.8 Å². The zero-order valence-electron chi connectivity index (χ0n) is 22.4. The molecule has 0 fully saturated rings. The minimum absolute atomic E-state index is 0.0393. The van der Waals surface area contributed by atoms with E-state index in [1.807, 2.05) is 37.4 Å². The van der Waals surface area contributed by atoms with Crippen LogP contribution in [-0.4, -0.2) is 75.9 Å². The number of nitrogens with one attached hydrogen (secondary N) is 4. The first-order valence-electron chi connectivity index (χ1n) is 12.7. The standard InChI is InChI=1S/C26H38N6O6S/c1-4-14(2)22(32-23(34)17(27)12-21(28)33)25(36)30-19(9-10-39-3)24(35)31-20(26(37)38)11-15-13-29-18-8-6-5-7-16(15)18/h5-8,13-14,17,19-20,22,29H,4,9-12,27H2,1-3H3,(H2,28,33)(H,30,36)(H,31,35)(H,32,34)(H,37,38). The second kappa shape index (κ2) is 15.1. The number of benzene rings is 1. The number of fused-ring (bicyclic) bond motifs is 1. The van der Waals surface area contributed by atoms with Crippen LogP contribution in [-0.2, 0) is 30.4 Å². The normalized spacial score (nSPS) is 15.0. The van der Waals surface area contributed by atoms with Gasteiger partial charge in [-0.1, -0.05) is 38.5 Å². The predicted octanol–water partition coefficient (Wildman–Crippen LogP) is 0.251. The number of carboxylic acid groups (broad SMARTS) is 1. The molecule has 0 aliphatic carbocycles. The second-order valence-electron chi connectivity index (χ2n) is 9.45. The highest BCUT2D eigenvalue weighted by molar-refractivity contribution is 7.98. The van der Waals surface area contributed by atoms with Gasteiger partial charge in [0.05, 0.1) is 12.5 Å². The lowest BCUT2D eigenvalue weighted by atomic mass is 9.97. The Hall–Kier alpha value is -3.58. The highest BCUT2D eigenvalue weighted by Crippen LogP contribution is 2.19. The lowest BCUT2D eigenvalue weighted by Gasteiger charge is -2.28. The number of aromatic amines is 1.